The molecule has 0 bridgehead atoms. The molecule has 0 atom stereocenters. The van der Waals surface area contributed by atoms with Crippen molar-refractivity contribution in [2.24, 2.45) is 0 Å². The van der Waals surface area contributed by atoms with Crippen molar-refractivity contribution < 1.29 is 4.74 Å². The SMILES string of the molecule is CCCOc1ccc(-c2ccc(N)c(C#N)c2C)cc1. The first-order valence-corrected chi connectivity index (χ1v) is 6.69. The predicted molar refractivity (Wildman–Crippen MR) is 81.5 cm³/mol. The summed E-state index contributed by atoms with van der Waals surface area (Å²) in [6, 6.07) is 13.8. The standard InChI is InChI=1S/C17H18N2O/c1-3-10-20-14-6-4-13(5-7-14)15-8-9-17(19)16(11-18)12(15)2/h4-9H,3,10,19H2,1-2H3. The fourth-order valence-corrected chi connectivity index (χ4v) is 2.14. The number of anilines is 1. The molecule has 0 radical (unpaired) electrons. The number of hydrogen-bond donors (Lipinski definition) is 1. The molecule has 0 saturated heterocycles. The van der Waals surface area contributed by atoms with Gasteiger partial charge in [-0.3, -0.25) is 0 Å². The number of nitriles is 1. The van der Waals surface area contributed by atoms with Crippen LogP contribution >= 0.6 is 0 Å². The molecule has 0 saturated carbocycles. The van der Waals surface area contributed by atoms with E-state index in [9.17, 15) is 0 Å². The van der Waals surface area contributed by atoms with Gasteiger partial charge in [0.15, 0.2) is 0 Å². The summed E-state index contributed by atoms with van der Waals surface area (Å²) in [7, 11) is 0. The van der Waals surface area contributed by atoms with E-state index < -0.39 is 0 Å². The van der Waals surface area contributed by atoms with Gasteiger partial charge in [-0.05, 0) is 48.2 Å². The second-order valence-electron chi connectivity index (χ2n) is 4.69. The zero-order valence-corrected chi connectivity index (χ0v) is 11.8. The van der Waals surface area contributed by atoms with E-state index in [4.69, 9.17) is 15.7 Å². The minimum Gasteiger partial charge on any atom is -0.494 e. The Labute approximate surface area is 119 Å². The predicted octanol–water partition coefficient (Wildman–Crippen LogP) is 3.90. The van der Waals surface area contributed by atoms with E-state index in [2.05, 4.69) is 13.0 Å². The largest absolute Gasteiger partial charge is 0.494 e. The van der Waals surface area contributed by atoms with Crippen LogP contribution in [0.1, 0.15) is 24.5 Å². The van der Waals surface area contributed by atoms with Crippen molar-refractivity contribution in [1.29, 1.82) is 5.26 Å². The lowest BCUT2D eigenvalue weighted by molar-refractivity contribution is 0.317. The Morgan fingerprint density at radius 3 is 2.45 bits per heavy atom. The Bertz CT molecular complexity index is 639. The number of nitrogens with zero attached hydrogens (tertiary/aromatic N) is 1. The van der Waals surface area contributed by atoms with Gasteiger partial charge in [0, 0.05) is 5.69 Å². The van der Waals surface area contributed by atoms with Crippen LogP contribution in [0.2, 0.25) is 0 Å². The summed E-state index contributed by atoms with van der Waals surface area (Å²) < 4.78 is 5.57. The van der Waals surface area contributed by atoms with Crippen molar-refractivity contribution in [3.05, 3.63) is 47.5 Å². The second-order valence-corrected chi connectivity index (χ2v) is 4.69. The molecule has 3 nitrogen and oxygen atoms in total. The molecule has 2 aromatic rings. The third-order valence-corrected chi connectivity index (χ3v) is 3.25. The van der Waals surface area contributed by atoms with Crippen molar-refractivity contribution in [3.8, 4) is 22.9 Å². The van der Waals surface area contributed by atoms with Gasteiger partial charge >= 0.3 is 0 Å². The minimum absolute atomic E-state index is 0.525. The van der Waals surface area contributed by atoms with Crippen molar-refractivity contribution in [1.82, 2.24) is 0 Å². The van der Waals surface area contributed by atoms with E-state index in [0.29, 0.717) is 11.3 Å². The van der Waals surface area contributed by atoms with Crippen molar-refractivity contribution in [2.75, 3.05) is 12.3 Å². The Morgan fingerprint density at radius 2 is 1.85 bits per heavy atom. The third-order valence-electron chi connectivity index (χ3n) is 3.25. The Balaban J connectivity index is 2.35. The molecule has 2 rings (SSSR count). The monoisotopic (exact) mass is 266 g/mol. The molecule has 0 aromatic heterocycles. The zero-order valence-electron chi connectivity index (χ0n) is 11.8. The molecule has 0 heterocycles. The van der Waals surface area contributed by atoms with Gasteiger partial charge in [0.1, 0.15) is 11.8 Å². The van der Waals surface area contributed by atoms with Gasteiger partial charge in [-0.25, -0.2) is 0 Å². The number of rotatable bonds is 4. The highest BCUT2D eigenvalue weighted by molar-refractivity contribution is 5.74. The van der Waals surface area contributed by atoms with Crippen LogP contribution in [-0.4, -0.2) is 6.61 Å². The molecule has 0 unspecified atom stereocenters. The lowest BCUT2D eigenvalue weighted by Gasteiger charge is -2.11. The summed E-state index contributed by atoms with van der Waals surface area (Å²) in [5.74, 6) is 0.865. The Morgan fingerprint density at radius 1 is 1.15 bits per heavy atom. The van der Waals surface area contributed by atoms with Crippen LogP contribution < -0.4 is 10.5 Å². The van der Waals surface area contributed by atoms with E-state index in [1.807, 2.05) is 37.3 Å². The number of ether oxygens (including phenoxy) is 1. The second kappa shape index (κ2) is 6.12. The minimum atomic E-state index is 0.525. The average molecular weight is 266 g/mol. The highest BCUT2D eigenvalue weighted by Gasteiger charge is 2.09. The number of nitrogen functional groups attached to an aromatic ring is 1. The molecule has 102 valence electrons. The Hall–Kier alpha value is -2.47. The van der Waals surface area contributed by atoms with E-state index in [-0.39, 0.29) is 0 Å². The molecule has 0 fully saturated rings. The van der Waals surface area contributed by atoms with Gasteiger partial charge in [-0.1, -0.05) is 25.1 Å². The lowest BCUT2D eigenvalue weighted by atomic mass is 9.96. The van der Waals surface area contributed by atoms with E-state index in [0.717, 1.165) is 35.5 Å². The highest BCUT2D eigenvalue weighted by atomic mass is 16.5. The summed E-state index contributed by atoms with van der Waals surface area (Å²) in [6.07, 6.45) is 0.990. The number of hydrogen-bond acceptors (Lipinski definition) is 3. The molecule has 0 spiro atoms. The summed E-state index contributed by atoms with van der Waals surface area (Å²) in [4.78, 5) is 0. The average Bonchev–Trinajstić information content (AvgIpc) is 2.46. The summed E-state index contributed by atoms with van der Waals surface area (Å²) >= 11 is 0. The first kappa shape index (κ1) is 14.0. The maximum Gasteiger partial charge on any atom is 0.119 e. The summed E-state index contributed by atoms with van der Waals surface area (Å²) in [6.45, 7) is 4.72. The summed E-state index contributed by atoms with van der Waals surface area (Å²) in [5, 5.41) is 9.16. The van der Waals surface area contributed by atoms with Gasteiger partial charge < -0.3 is 10.5 Å². The van der Waals surface area contributed by atoms with E-state index in [1.165, 1.54) is 0 Å². The van der Waals surface area contributed by atoms with Crippen LogP contribution in [0.3, 0.4) is 0 Å². The maximum absolute atomic E-state index is 9.16. The van der Waals surface area contributed by atoms with Crippen LogP contribution in [0.25, 0.3) is 11.1 Å². The zero-order chi connectivity index (χ0) is 14.5. The molecule has 0 amide bonds. The fourth-order valence-electron chi connectivity index (χ4n) is 2.14. The molecule has 0 aliphatic rings. The molecule has 3 heteroatoms. The van der Waals surface area contributed by atoms with Crippen LogP contribution in [0, 0.1) is 18.3 Å². The van der Waals surface area contributed by atoms with E-state index >= 15 is 0 Å². The Kier molecular flexibility index (Phi) is 4.27. The number of benzene rings is 2. The van der Waals surface area contributed by atoms with Crippen molar-refractivity contribution >= 4 is 5.69 Å². The molecule has 0 aliphatic heterocycles. The van der Waals surface area contributed by atoms with Crippen LogP contribution in [0.15, 0.2) is 36.4 Å². The smallest absolute Gasteiger partial charge is 0.119 e. The maximum atomic E-state index is 9.16. The van der Waals surface area contributed by atoms with Gasteiger partial charge in [0.2, 0.25) is 0 Å². The summed E-state index contributed by atoms with van der Waals surface area (Å²) in [5.41, 5.74) is 9.89. The van der Waals surface area contributed by atoms with E-state index in [1.54, 1.807) is 6.07 Å². The van der Waals surface area contributed by atoms with Gasteiger partial charge in [-0.2, -0.15) is 5.26 Å². The van der Waals surface area contributed by atoms with Gasteiger partial charge in [0.05, 0.1) is 12.2 Å². The fraction of sp³-hybridized carbons (Fsp3) is 0.235. The quantitative estimate of drug-likeness (QED) is 0.854. The first-order chi connectivity index (χ1) is 9.67. The topological polar surface area (TPSA) is 59.0 Å². The van der Waals surface area contributed by atoms with Gasteiger partial charge in [-0.15, -0.1) is 0 Å². The molecular weight excluding hydrogens is 248 g/mol. The van der Waals surface area contributed by atoms with Crippen molar-refractivity contribution in [2.45, 2.75) is 20.3 Å². The van der Waals surface area contributed by atoms with Crippen LogP contribution in [-0.2, 0) is 0 Å². The highest BCUT2D eigenvalue weighted by Crippen LogP contribution is 2.29. The molecule has 0 aliphatic carbocycles. The molecule has 2 aromatic carbocycles. The first-order valence-electron chi connectivity index (χ1n) is 6.69. The molecular formula is C17H18N2O. The molecule has 20 heavy (non-hydrogen) atoms. The van der Waals surface area contributed by atoms with Crippen LogP contribution in [0.5, 0.6) is 5.75 Å². The normalized spacial score (nSPS) is 10.1. The lowest BCUT2D eigenvalue weighted by Crippen LogP contribution is -1.96. The van der Waals surface area contributed by atoms with Crippen molar-refractivity contribution in [3.63, 3.8) is 0 Å². The van der Waals surface area contributed by atoms with Gasteiger partial charge in [0.25, 0.3) is 0 Å². The molecule has 2 N–H and O–H groups in total. The third kappa shape index (κ3) is 2.75. The number of nitrogens with two attached hydrogens (primary N) is 1. The van der Waals surface area contributed by atoms with Crippen LogP contribution in [0.4, 0.5) is 5.69 Å².